The number of hydrogen-bond donors (Lipinski definition) is 2. The van der Waals surface area contributed by atoms with Gasteiger partial charge in [0, 0.05) is 34.2 Å². The van der Waals surface area contributed by atoms with Crippen molar-refractivity contribution in [1.82, 2.24) is 5.32 Å². The normalized spacial score (nSPS) is 15.1. The molecule has 0 radical (unpaired) electrons. The van der Waals surface area contributed by atoms with Gasteiger partial charge in [0.05, 0.1) is 0 Å². The van der Waals surface area contributed by atoms with Crippen LogP contribution in [0.3, 0.4) is 0 Å². The number of hydrogen-bond acceptors (Lipinski definition) is 4. The Morgan fingerprint density at radius 2 is 2.47 bits per heavy atom. The Bertz CT molecular complexity index is 288. The predicted octanol–water partition coefficient (Wildman–Crippen LogP) is 1.14. The highest BCUT2D eigenvalue weighted by molar-refractivity contribution is 7.84. The van der Waals surface area contributed by atoms with Crippen LogP contribution in [-0.4, -0.2) is 34.4 Å². The lowest BCUT2D eigenvalue weighted by Gasteiger charge is -2.09. The minimum atomic E-state index is -0.710. The molecule has 15 heavy (non-hydrogen) atoms. The predicted molar refractivity (Wildman–Crippen MR) is 65.7 cm³/mol. The molecule has 0 aliphatic rings. The summed E-state index contributed by atoms with van der Waals surface area (Å²) in [6.45, 7) is 1.37. The fourth-order valence-electron chi connectivity index (χ4n) is 1.22. The molecule has 3 nitrogen and oxygen atoms in total. The van der Waals surface area contributed by atoms with Crippen LogP contribution in [0.25, 0.3) is 0 Å². The summed E-state index contributed by atoms with van der Waals surface area (Å²) >= 11 is 1.56. The van der Waals surface area contributed by atoms with Gasteiger partial charge in [-0.15, -0.1) is 11.3 Å². The SMILES string of the molecule is CS(=O)CCCNCC(O)c1cccs1. The summed E-state index contributed by atoms with van der Waals surface area (Å²) in [6.07, 6.45) is 2.18. The second-order valence-electron chi connectivity index (χ2n) is 3.37. The highest BCUT2D eigenvalue weighted by Gasteiger charge is 2.06. The Balaban J connectivity index is 2.08. The summed E-state index contributed by atoms with van der Waals surface area (Å²) < 4.78 is 10.8. The van der Waals surface area contributed by atoms with Crippen LogP contribution in [0.5, 0.6) is 0 Å². The maximum Gasteiger partial charge on any atom is 0.101 e. The van der Waals surface area contributed by atoms with Gasteiger partial charge in [0.1, 0.15) is 6.10 Å². The van der Waals surface area contributed by atoms with E-state index in [1.54, 1.807) is 17.6 Å². The van der Waals surface area contributed by atoms with Crippen LogP contribution in [-0.2, 0) is 10.8 Å². The first-order chi connectivity index (χ1) is 7.20. The van der Waals surface area contributed by atoms with Crippen molar-refractivity contribution in [3.8, 4) is 0 Å². The number of rotatable bonds is 7. The third kappa shape index (κ3) is 5.41. The minimum Gasteiger partial charge on any atom is -0.386 e. The lowest BCUT2D eigenvalue weighted by atomic mass is 10.3. The molecule has 2 unspecified atom stereocenters. The van der Waals surface area contributed by atoms with Crippen molar-refractivity contribution in [3.63, 3.8) is 0 Å². The molecule has 0 saturated carbocycles. The zero-order chi connectivity index (χ0) is 11.1. The molecule has 0 spiro atoms. The van der Waals surface area contributed by atoms with Crippen molar-refractivity contribution in [2.24, 2.45) is 0 Å². The van der Waals surface area contributed by atoms with Crippen LogP contribution in [0.15, 0.2) is 17.5 Å². The van der Waals surface area contributed by atoms with Gasteiger partial charge >= 0.3 is 0 Å². The maximum atomic E-state index is 10.8. The molecular weight excluding hydrogens is 230 g/mol. The van der Waals surface area contributed by atoms with Crippen LogP contribution in [0.1, 0.15) is 17.4 Å². The summed E-state index contributed by atoms with van der Waals surface area (Å²) in [6, 6.07) is 3.86. The lowest BCUT2D eigenvalue weighted by molar-refractivity contribution is 0.179. The highest BCUT2D eigenvalue weighted by Crippen LogP contribution is 2.17. The fraction of sp³-hybridized carbons (Fsp3) is 0.600. The van der Waals surface area contributed by atoms with Crippen LogP contribution >= 0.6 is 11.3 Å². The van der Waals surface area contributed by atoms with Crippen LogP contribution in [0.4, 0.5) is 0 Å². The van der Waals surface area contributed by atoms with E-state index in [0.29, 0.717) is 6.54 Å². The van der Waals surface area contributed by atoms with Gasteiger partial charge in [-0.3, -0.25) is 4.21 Å². The number of nitrogens with one attached hydrogen (secondary N) is 1. The second kappa shape index (κ2) is 7.11. The van der Waals surface area contributed by atoms with E-state index in [-0.39, 0.29) is 0 Å². The van der Waals surface area contributed by atoms with Gasteiger partial charge in [-0.2, -0.15) is 0 Å². The van der Waals surface area contributed by atoms with Crippen molar-refractivity contribution >= 4 is 22.1 Å². The fourth-order valence-corrected chi connectivity index (χ4v) is 2.48. The minimum absolute atomic E-state index is 0.419. The molecule has 0 saturated heterocycles. The molecule has 2 atom stereocenters. The molecule has 1 rings (SSSR count). The second-order valence-corrected chi connectivity index (χ2v) is 5.90. The standard InChI is InChI=1S/C10H17NO2S2/c1-15(13)7-3-5-11-8-9(12)10-4-2-6-14-10/h2,4,6,9,11-12H,3,5,7-8H2,1H3. The molecule has 0 fully saturated rings. The monoisotopic (exact) mass is 247 g/mol. The van der Waals surface area contributed by atoms with E-state index in [1.165, 1.54) is 0 Å². The van der Waals surface area contributed by atoms with E-state index < -0.39 is 16.9 Å². The summed E-state index contributed by atoms with van der Waals surface area (Å²) in [4.78, 5) is 0.988. The molecule has 5 heteroatoms. The van der Waals surface area contributed by atoms with Crippen molar-refractivity contribution in [2.75, 3.05) is 25.1 Å². The average molecular weight is 247 g/mol. The molecule has 0 aliphatic carbocycles. The topological polar surface area (TPSA) is 49.3 Å². The maximum absolute atomic E-state index is 10.8. The van der Waals surface area contributed by atoms with Crippen molar-refractivity contribution < 1.29 is 9.32 Å². The zero-order valence-corrected chi connectivity index (χ0v) is 10.4. The third-order valence-electron chi connectivity index (χ3n) is 1.99. The molecule has 0 bridgehead atoms. The molecule has 86 valence electrons. The number of thiophene rings is 1. The number of aliphatic hydroxyl groups excluding tert-OH is 1. The first-order valence-corrected chi connectivity index (χ1v) is 7.53. The Morgan fingerprint density at radius 1 is 1.67 bits per heavy atom. The summed E-state index contributed by atoms with van der Waals surface area (Å²) in [5, 5.41) is 14.8. The molecule has 0 amide bonds. The number of aliphatic hydroxyl groups is 1. The van der Waals surface area contributed by atoms with Crippen molar-refractivity contribution in [3.05, 3.63) is 22.4 Å². The Kier molecular flexibility index (Phi) is 6.09. The Hall–Kier alpha value is -0.230. The molecular formula is C10H17NO2S2. The van der Waals surface area contributed by atoms with Crippen LogP contribution < -0.4 is 5.32 Å². The summed E-state index contributed by atoms with van der Waals surface area (Å²) in [7, 11) is -0.710. The quantitative estimate of drug-likeness (QED) is 0.710. The first-order valence-electron chi connectivity index (χ1n) is 4.92. The van der Waals surface area contributed by atoms with Gasteiger partial charge in [0.2, 0.25) is 0 Å². The van der Waals surface area contributed by atoms with Crippen molar-refractivity contribution in [1.29, 1.82) is 0 Å². The van der Waals surface area contributed by atoms with Gasteiger partial charge in [-0.05, 0) is 24.4 Å². The van der Waals surface area contributed by atoms with E-state index in [0.717, 1.165) is 23.6 Å². The largest absolute Gasteiger partial charge is 0.386 e. The van der Waals surface area contributed by atoms with E-state index >= 15 is 0 Å². The van der Waals surface area contributed by atoms with E-state index in [4.69, 9.17) is 0 Å². The average Bonchev–Trinajstić information content (AvgIpc) is 2.69. The highest BCUT2D eigenvalue weighted by atomic mass is 32.2. The first kappa shape index (κ1) is 12.8. The lowest BCUT2D eigenvalue weighted by Crippen LogP contribution is -2.23. The smallest absolute Gasteiger partial charge is 0.101 e. The molecule has 1 heterocycles. The van der Waals surface area contributed by atoms with E-state index in [1.807, 2.05) is 17.5 Å². The molecule has 1 aromatic heterocycles. The molecule has 2 N–H and O–H groups in total. The summed E-state index contributed by atoms with van der Waals surface area (Å²) in [5.74, 6) is 0.724. The van der Waals surface area contributed by atoms with E-state index in [2.05, 4.69) is 5.32 Å². The van der Waals surface area contributed by atoms with Crippen molar-refractivity contribution in [2.45, 2.75) is 12.5 Å². The van der Waals surface area contributed by atoms with Crippen LogP contribution in [0.2, 0.25) is 0 Å². The third-order valence-corrected chi connectivity index (χ3v) is 3.83. The van der Waals surface area contributed by atoms with Gasteiger partial charge in [-0.1, -0.05) is 6.07 Å². The molecule has 1 aromatic rings. The van der Waals surface area contributed by atoms with Crippen LogP contribution in [0, 0.1) is 0 Å². The molecule has 0 aliphatic heterocycles. The molecule has 0 aromatic carbocycles. The summed E-state index contributed by atoms with van der Waals surface area (Å²) in [5.41, 5.74) is 0. The Morgan fingerprint density at radius 3 is 3.07 bits per heavy atom. The van der Waals surface area contributed by atoms with Gasteiger partial charge in [0.25, 0.3) is 0 Å². The Labute approximate surface area is 97.0 Å². The van der Waals surface area contributed by atoms with Gasteiger partial charge in [-0.25, -0.2) is 0 Å². The van der Waals surface area contributed by atoms with Gasteiger partial charge < -0.3 is 10.4 Å². The zero-order valence-electron chi connectivity index (χ0n) is 8.81. The van der Waals surface area contributed by atoms with Gasteiger partial charge in [0.15, 0.2) is 0 Å². The van der Waals surface area contributed by atoms with E-state index in [9.17, 15) is 9.32 Å².